The molecule has 1 aliphatic rings. The Morgan fingerprint density at radius 1 is 1.50 bits per heavy atom. The van der Waals surface area contributed by atoms with Crippen LogP contribution in [0.1, 0.15) is 0 Å². The first-order valence-electron chi connectivity index (χ1n) is 3.60. The molecule has 1 aliphatic heterocycles. The van der Waals surface area contributed by atoms with Gasteiger partial charge < -0.3 is 11.1 Å². The molecule has 1 aromatic rings. The van der Waals surface area contributed by atoms with Gasteiger partial charge in [-0.1, -0.05) is 0 Å². The van der Waals surface area contributed by atoms with E-state index in [1.54, 1.807) is 6.07 Å². The maximum Gasteiger partial charge on any atom is 0.212 e. The Bertz CT molecular complexity index is 338. The van der Waals surface area contributed by atoms with E-state index in [9.17, 15) is 4.79 Å². The van der Waals surface area contributed by atoms with E-state index in [1.165, 1.54) is 11.8 Å². The van der Waals surface area contributed by atoms with Crippen molar-refractivity contribution >= 4 is 28.3 Å². The lowest BCUT2D eigenvalue weighted by atomic mass is 10.3. The van der Waals surface area contributed by atoms with Crippen molar-refractivity contribution in [2.24, 2.45) is 0 Å². The van der Waals surface area contributed by atoms with Crippen molar-refractivity contribution in [3.8, 4) is 0 Å². The van der Waals surface area contributed by atoms with Gasteiger partial charge in [0.1, 0.15) is 0 Å². The van der Waals surface area contributed by atoms with Crippen molar-refractivity contribution in [3.05, 3.63) is 18.2 Å². The number of rotatable bonds is 0. The van der Waals surface area contributed by atoms with Gasteiger partial charge in [-0.15, -0.1) is 0 Å². The predicted octanol–water partition coefficient (Wildman–Crippen LogP) is 1.31. The smallest absolute Gasteiger partial charge is 0.212 e. The van der Waals surface area contributed by atoms with E-state index in [-0.39, 0.29) is 5.12 Å². The zero-order valence-corrected chi connectivity index (χ0v) is 7.15. The van der Waals surface area contributed by atoms with Crippen molar-refractivity contribution in [3.63, 3.8) is 0 Å². The minimum absolute atomic E-state index is 0.146. The molecular formula is C8H8N2OS. The largest absolute Gasteiger partial charge is 0.399 e. The van der Waals surface area contributed by atoms with E-state index in [0.717, 1.165) is 16.3 Å². The molecule has 0 aromatic heterocycles. The second-order valence-corrected chi connectivity index (χ2v) is 3.68. The van der Waals surface area contributed by atoms with Crippen molar-refractivity contribution in [1.82, 2.24) is 0 Å². The Morgan fingerprint density at radius 2 is 2.33 bits per heavy atom. The van der Waals surface area contributed by atoms with Crippen LogP contribution in [0.4, 0.5) is 11.4 Å². The summed E-state index contributed by atoms with van der Waals surface area (Å²) in [7, 11) is 0. The molecule has 0 saturated heterocycles. The van der Waals surface area contributed by atoms with Gasteiger partial charge in [0.25, 0.3) is 0 Å². The highest BCUT2D eigenvalue weighted by atomic mass is 32.2. The molecular weight excluding hydrogens is 172 g/mol. The zero-order valence-electron chi connectivity index (χ0n) is 6.33. The van der Waals surface area contributed by atoms with Gasteiger partial charge in [0.15, 0.2) is 0 Å². The van der Waals surface area contributed by atoms with Crippen LogP contribution in [0, 0.1) is 0 Å². The fourth-order valence-electron chi connectivity index (χ4n) is 1.10. The first-order chi connectivity index (χ1) is 5.75. The molecule has 62 valence electrons. The van der Waals surface area contributed by atoms with Crippen LogP contribution >= 0.6 is 11.8 Å². The first-order valence-corrected chi connectivity index (χ1v) is 4.41. The molecule has 1 heterocycles. The minimum atomic E-state index is 0.146. The average Bonchev–Trinajstić information content (AvgIpc) is 2.05. The van der Waals surface area contributed by atoms with Gasteiger partial charge in [-0.2, -0.15) is 0 Å². The van der Waals surface area contributed by atoms with Gasteiger partial charge in [0.05, 0.1) is 12.2 Å². The Balaban J connectivity index is 2.43. The lowest BCUT2D eigenvalue weighted by Crippen LogP contribution is -2.15. The number of fused-ring (bicyclic) bond motifs is 1. The quantitative estimate of drug-likeness (QED) is 0.591. The Hall–Kier alpha value is -1.16. The lowest BCUT2D eigenvalue weighted by Gasteiger charge is -2.15. The van der Waals surface area contributed by atoms with Crippen molar-refractivity contribution < 1.29 is 4.79 Å². The van der Waals surface area contributed by atoms with E-state index in [1.807, 2.05) is 12.1 Å². The van der Waals surface area contributed by atoms with Crippen LogP contribution in [0.15, 0.2) is 23.1 Å². The van der Waals surface area contributed by atoms with Crippen LogP contribution in [-0.2, 0) is 4.79 Å². The Kier molecular flexibility index (Phi) is 1.69. The summed E-state index contributed by atoms with van der Waals surface area (Å²) in [5.41, 5.74) is 7.26. The maximum atomic E-state index is 11.0. The van der Waals surface area contributed by atoms with E-state index in [2.05, 4.69) is 5.32 Å². The first kappa shape index (κ1) is 7.49. The van der Waals surface area contributed by atoms with Crippen LogP contribution in [0.2, 0.25) is 0 Å². The number of nitrogens with two attached hydrogens (primary N) is 1. The number of benzene rings is 1. The highest BCUT2D eigenvalue weighted by Crippen LogP contribution is 2.32. The predicted molar refractivity (Wildman–Crippen MR) is 50.2 cm³/mol. The number of hydrogen-bond acceptors (Lipinski definition) is 4. The van der Waals surface area contributed by atoms with E-state index in [4.69, 9.17) is 5.73 Å². The second kappa shape index (κ2) is 2.71. The number of hydrogen-bond donors (Lipinski definition) is 2. The molecule has 0 unspecified atom stereocenters. The summed E-state index contributed by atoms with van der Waals surface area (Å²) in [6.07, 6.45) is 0. The summed E-state index contributed by atoms with van der Waals surface area (Å²) in [5.74, 6) is 0. The lowest BCUT2D eigenvalue weighted by molar-refractivity contribution is -0.109. The molecule has 0 radical (unpaired) electrons. The molecule has 1 aromatic carbocycles. The average molecular weight is 180 g/mol. The fraction of sp³-hybridized carbons (Fsp3) is 0.125. The topological polar surface area (TPSA) is 55.1 Å². The molecule has 4 heteroatoms. The van der Waals surface area contributed by atoms with Crippen LogP contribution in [0.25, 0.3) is 0 Å². The summed E-state index contributed by atoms with van der Waals surface area (Å²) in [4.78, 5) is 11.9. The Labute approximate surface area is 74.3 Å². The normalized spacial score (nSPS) is 15.2. The molecule has 0 spiro atoms. The minimum Gasteiger partial charge on any atom is -0.399 e. The number of carbonyl (C=O) groups is 1. The van der Waals surface area contributed by atoms with E-state index < -0.39 is 0 Å². The molecule has 0 bridgehead atoms. The third-order valence-electron chi connectivity index (χ3n) is 1.65. The van der Waals surface area contributed by atoms with Crippen molar-refractivity contribution in [2.45, 2.75) is 4.90 Å². The number of thioether (sulfide) groups is 1. The summed E-state index contributed by atoms with van der Waals surface area (Å²) in [6, 6.07) is 5.50. The zero-order chi connectivity index (χ0) is 8.55. The molecule has 0 saturated carbocycles. The number of nitrogens with one attached hydrogen (secondary N) is 1. The standard InChI is InChI=1S/C8H8N2OS/c9-5-1-2-7-6(3-5)10-4-8(11)12-7/h1-3,10H,4,9H2. The summed E-state index contributed by atoms with van der Waals surface area (Å²) >= 11 is 1.26. The Morgan fingerprint density at radius 3 is 3.17 bits per heavy atom. The van der Waals surface area contributed by atoms with Gasteiger partial charge in [-0.25, -0.2) is 0 Å². The fourth-order valence-corrected chi connectivity index (χ4v) is 1.87. The van der Waals surface area contributed by atoms with E-state index >= 15 is 0 Å². The second-order valence-electron chi connectivity index (χ2n) is 2.58. The van der Waals surface area contributed by atoms with E-state index in [0.29, 0.717) is 6.54 Å². The van der Waals surface area contributed by atoms with Gasteiger partial charge >= 0.3 is 0 Å². The number of anilines is 2. The van der Waals surface area contributed by atoms with Gasteiger partial charge in [-0.3, -0.25) is 4.79 Å². The van der Waals surface area contributed by atoms with Gasteiger partial charge in [-0.05, 0) is 30.0 Å². The summed E-state index contributed by atoms with van der Waals surface area (Å²) < 4.78 is 0. The molecule has 0 aliphatic carbocycles. The molecule has 12 heavy (non-hydrogen) atoms. The monoisotopic (exact) mass is 180 g/mol. The molecule has 0 amide bonds. The van der Waals surface area contributed by atoms with Gasteiger partial charge in [0.2, 0.25) is 5.12 Å². The SMILES string of the molecule is Nc1ccc2c(c1)NCC(=O)S2. The van der Waals surface area contributed by atoms with Crippen molar-refractivity contribution in [2.75, 3.05) is 17.6 Å². The maximum absolute atomic E-state index is 11.0. The highest BCUT2D eigenvalue weighted by molar-refractivity contribution is 8.14. The summed E-state index contributed by atoms with van der Waals surface area (Å²) in [5, 5.41) is 3.15. The van der Waals surface area contributed by atoms with Crippen LogP contribution in [0.3, 0.4) is 0 Å². The molecule has 0 atom stereocenters. The molecule has 3 N–H and O–H groups in total. The number of carbonyl (C=O) groups excluding carboxylic acids is 1. The molecule has 2 rings (SSSR count). The molecule has 3 nitrogen and oxygen atoms in total. The molecule has 0 fully saturated rings. The number of nitrogen functional groups attached to an aromatic ring is 1. The highest BCUT2D eigenvalue weighted by Gasteiger charge is 2.14. The van der Waals surface area contributed by atoms with Crippen LogP contribution in [-0.4, -0.2) is 11.7 Å². The third-order valence-corrected chi connectivity index (χ3v) is 2.60. The van der Waals surface area contributed by atoms with Crippen LogP contribution < -0.4 is 11.1 Å². The van der Waals surface area contributed by atoms with Crippen LogP contribution in [0.5, 0.6) is 0 Å². The van der Waals surface area contributed by atoms with Crippen molar-refractivity contribution in [1.29, 1.82) is 0 Å². The van der Waals surface area contributed by atoms with Gasteiger partial charge in [0, 0.05) is 10.6 Å². The third kappa shape index (κ3) is 1.25. The summed E-state index contributed by atoms with van der Waals surface area (Å²) in [6.45, 7) is 0.390.